The van der Waals surface area contributed by atoms with Crippen molar-refractivity contribution < 1.29 is 24.2 Å². The summed E-state index contributed by atoms with van der Waals surface area (Å²) in [5.41, 5.74) is 3.43. The molecule has 0 aliphatic carbocycles. The Balaban J connectivity index is 1.67. The predicted octanol–water partition coefficient (Wildman–Crippen LogP) is 6.73. The number of anilines is 1. The summed E-state index contributed by atoms with van der Waals surface area (Å²) in [4.78, 5) is 28.4. The third-order valence-electron chi connectivity index (χ3n) is 6.58. The van der Waals surface area contributed by atoms with Crippen molar-refractivity contribution >= 4 is 23.1 Å². The van der Waals surface area contributed by atoms with Crippen molar-refractivity contribution in [3.63, 3.8) is 0 Å². The van der Waals surface area contributed by atoms with Crippen molar-refractivity contribution in [3.05, 3.63) is 125 Å². The number of aliphatic hydroxyl groups excluding tert-OH is 1. The van der Waals surface area contributed by atoms with Crippen molar-refractivity contribution in [1.29, 1.82) is 0 Å². The summed E-state index contributed by atoms with van der Waals surface area (Å²) in [6.45, 7) is 3.80. The first-order valence-corrected chi connectivity index (χ1v) is 12.2. The number of carbonyl (C=O) groups is 2. The third-order valence-corrected chi connectivity index (χ3v) is 6.58. The lowest BCUT2D eigenvalue weighted by atomic mass is 9.94. The smallest absolute Gasteiger partial charge is 0.300 e. The number of rotatable bonds is 6. The van der Waals surface area contributed by atoms with Gasteiger partial charge < -0.3 is 14.6 Å². The van der Waals surface area contributed by atoms with Gasteiger partial charge in [0.25, 0.3) is 11.7 Å². The number of ether oxygens (including phenoxy) is 2. The molecule has 1 aliphatic rings. The quantitative estimate of drug-likeness (QED) is 0.179. The van der Waals surface area contributed by atoms with Gasteiger partial charge >= 0.3 is 0 Å². The van der Waals surface area contributed by atoms with Crippen LogP contribution in [0.4, 0.5) is 5.69 Å². The molecule has 1 aliphatic heterocycles. The molecule has 0 aromatic heterocycles. The molecule has 1 N–H and O–H groups in total. The maximum Gasteiger partial charge on any atom is 0.300 e. The molecular weight excluding hydrogens is 478 g/mol. The van der Waals surface area contributed by atoms with E-state index in [0.717, 1.165) is 11.1 Å². The highest BCUT2D eigenvalue weighted by Gasteiger charge is 2.47. The Labute approximate surface area is 221 Å². The predicted molar refractivity (Wildman–Crippen MR) is 147 cm³/mol. The highest BCUT2D eigenvalue weighted by atomic mass is 16.5. The Kier molecular flexibility index (Phi) is 6.71. The van der Waals surface area contributed by atoms with Crippen LogP contribution in [0.1, 0.15) is 28.3 Å². The van der Waals surface area contributed by atoms with Gasteiger partial charge in [0.1, 0.15) is 23.0 Å². The minimum Gasteiger partial charge on any atom is -0.507 e. The number of hydrogen-bond donors (Lipinski definition) is 1. The molecule has 0 bridgehead atoms. The molecule has 5 rings (SSSR count). The average molecular weight is 506 g/mol. The first-order valence-electron chi connectivity index (χ1n) is 12.2. The average Bonchev–Trinajstić information content (AvgIpc) is 3.19. The lowest BCUT2D eigenvalue weighted by Gasteiger charge is -2.26. The van der Waals surface area contributed by atoms with Gasteiger partial charge in [0.15, 0.2) is 0 Å². The molecule has 6 nitrogen and oxygen atoms in total. The van der Waals surface area contributed by atoms with Crippen LogP contribution in [0.15, 0.2) is 103 Å². The van der Waals surface area contributed by atoms with Crippen molar-refractivity contribution in [2.75, 3.05) is 12.0 Å². The molecule has 1 unspecified atom stereocenters. The van der Waals surface area contributed by atoms with Gasteiger partial charge in [-0.05, 0) is 79.6 Å². The van der Waals surface area contributed by atoms with E-state index in [4.69, 9.17) is 9.47 Å². The van der Waals surface area contributed by atoms with Gasteiger partial charge in [-0.1, -0.05) is 48.0 Å². The van der Waals surface area contributed by atoms with Crippen LogP contribution < -0.4 is 14.4 Å². The van der Waals surface area contributed by atoms with Crippen molar-refractivity contribution in [3.8, 4) is 17.2 Å². The van der Waals surface area contributed by atoms with Crippen LogP contribution in [0.25, 0.3) is 5.76 Å². The lowest BCUT2D eigenvalue weighted by molar-refractivity contribution is -0.132. The van der Waals surface area contributed by atoms with E-state index in [1.54, 1.807) is 55.6 Å². The largest absolute Gasteiger partial charge is 0.507 e. The normalized spacial score (nSPS) is 16.5. The van der Waals surface area contributed by atoms with E-state index < -0.39 is 17.7 Å². The Bertz CT molecular complexity index is 1540. The van der Waals surface area contributed by atoms with E-state index in [-0.39, 0.29) is 11.3 Å². The van der Waals surface area contributed by atoms with Crippen LogP contribution in [0.5, 0.6) is 17.2 Å². The molecule has 0 saturated carbocycles. The van der Waals surface area contributed by atoms with Crippen molar-refractivity contribution in [2.45, 2.75) is 19.9 Å². The number of Topliss-reactive ketones (excluding diaryl/α,β-unsaturated/α-hetero) is 1. The molecule has 1 heterocycles. The number of aryl methyl sites for hydroxylation is 2. The van der Waals surface area contributed by atoms with E-state index in [9.17, 15) is 14.7 Å². The molecule has 0 spiro atoms. The maximum atomic E-state index is 13.5. The number of benzene rings is 4. The van der Waals surface area contributed by atoms with E-state index in [2.05, 4.69) is 0 Å². The molecule has 38 heavy (non-hydrogen) atoms. The lowest BCUT2D eigenvalue weighted by Crippen LogP contribution is -2.29. The van der Waals surface area contributed by atoms with E-state index in [1.165, 1.54) is 4.90 Å². The summed E-state index contributed by atoms with van der Waals surface area (Å²) in [5, 5.41) is 11.4. The number of para-hydroxylation sites is 1. The number of nitrogens with zero attached hydrogens (tertiary/aromatic N) is 1. The van der Waals surface area contributed by atoms with E-state index in [1.807, 2.05) is 62.4 Å². The van der Waals surface area contributed by atoms with Gasteiger partial charge in [-0.15, -0.1) is 0 Å². The van der Waals surface area contributed by atoms with Crippen molar-refractivity contribution in [1.82, 2.24) is 0 Å². The van der Waals surface area contributed by atoms with E-state index >= 15 is 0 Å². The molecule has 1 atom stereocenters. The zero-order valence-corrected chi connectivity index (χ0v) is 21.3. The molecule has 6 heteroatoms. The van der Waals surface area contributed by atoms with E-state index in [0.29, 0.717) is 34.1 Å². The number of amides is 1. The van der Waals surface area contributed by atoms with Gasteiger partial charge in [0, 0.05) is 11.3 Å². The molecule has 1 amide bonds. The minimum absolute atomic E-state index is 0.0111. The molecule has 190 valence electrons. The molecule has 4 aromatic carbocycles. The standard InChI is InChI=1S/C32H27NO5/c1-20-12-15-24(16-13-20)33-29(22-8-7-11-26(19-22)38-25-9-5-4-6-10-25)28(31(35)32(33)36)30(34)23-14-17-27(37-3)21(2)18-23/h4-19,29,34H,1-3H3/b30-28+. The molecular formula is C32H27NO5. The van der Waals surface area contributed by atoms with Gasteiger partial charge in [-0.25, -0.2) is 0 Å². The fourth-order valence-corrected chi connectivity index (χ4v) is 4.67. The number of carbonyl (C=O) groups excluding carboxylic acids is 2. The van der Waals surface area contributed by atoms with Crippen LogP contribution >= 0.6 is 0 Å². The van der Waals surface area contributed by atoms with Crippen molar-refractivity contribution in [2.24, 2.45) is 0 Å². The summed E-state index contributed by atoms with van der Waals surface area (Å²) < 4.78 is 11.4. The fraction of sp³-hybridized carbons (Fsp3) is 0.125. The summed E-state index contributed by atoms with van der Waals surface area (Å²) in [7, 11) is 1.57. The second-order valence-corrected chi connectivity index (χ2v) is 9.18. The van der Waals surface area contributed by atoms with Gasteiger partial charge in [-0.2, -0.15) is 0 Å². The zero-order chi connectivity index (χ0) is 26.8. The summed E-state index contributed by atoms with van der Waals surface area (Å²) in [6.07, 6.45) is 0. The number of ketones is 1. The van der Waals surface area contributed by atoms with Gasteiger partial charge in [-0.3, -0.25) is 14.5 Å². The highest BCUT2D eigenvalue weighted by Crippen LogP contribution is 2.43. The monoisotopic (exact) mass is 505 g/mol. The Hall–Kier alpha value is -4.84. The molecule has 1 saturated heterocycles. The van der Waals surface area contributed by atoms with Gasteiger partial charge in [0.2, 0.25) is 0 Å². The third kappa shape index (κ3) is 4.64. The van der Waals surface area contributed by atoms with Crippen LogP contribution in [0, 0.1) is 13.8 Å². The number of hydrogen-bond acceptors (Lipinski definition) is 5. The van der Waals surface area contributed by atoms with Gasteiger partial charge in [0.05, 0.1) is 18.7 Å². The van der Waals surface area contributed by atoms with Crippen LogP contribution in [0.3, 0.4) is 0 Å². The summed E-state index contributed by atoms with van der Waals surface area (Å²) in [6, 6.07) is 28.2. The SMILES string of the molecule is COc1ccc(/C(O)=C2\C(=O)C(=O)N(c3ccc(C)cc3)C2c2cccc(Oc3ccccc3)c2)cc1C. The number of methoxy groups -OCH3 is 1. The molecule has 0 radical (unpaired) electrons. The Morgan fingerprint density at radius 2 is 1.53 bits per heavy atom. The maximum absolute atomic E-state index is 13.5. The summed E-state index contributed by atoms with van der Waals surface area (Å²) >= 11 is 0. The Morgan fingerprint density at radius 3 is 2.21 bits per heavy atom. The highest BCUT2D eigenvalue weighted by molar-refractivity contribution is 6.51. The topological polar surface area (TPSA) is 76.1 Å². The molecule has 1 fully saturated rings. The second kappa shape index (κ2) is 10.3. The minimum atomic E-state index is -0.862. The first-order chi connectivity index (χ1) is 18.4. The Morgan fingerprint density at radius 1 is 0.816 bits per heavy atom. The fourth-order valence-electron chi connectivity index (χ4n) is 4.67. The zero-order valence-electron chi connectivity index (χ0n) is 21.3. The van der Waals surface area contributed by atoms with Crippen LogP contribution in [-0.2, 0) is 9.59 Å². The molecule has 4 aromatic rings. The first kappa shape index (κ1) is 24.8. The van der Waals surface area contributed by atoms with Crippen LogP contribution in [0.2, 0.25) is 0 Å². The number of aliphatic hydroxyl groups is 1. The second-order valence-electron chi connectivity index (χ2n) is 9.18. The summed E-state index contributed by atoms with van der Waals surface area (Å²) in [5.74, 6) is 0.150. The van der Waals surface area contributed by atoms with Crippen LogP contribution in [-0.4, -0.2) is 23.9 Å².